The fourth-order valence-corrected chi connectivity index (χ4v) is 0.256. The van der Waals surface area contributed by atoms with Crippen molar-refractivity contribution in [1.29, 1.82) is 0 Å². The first kappa shape index (κ1) is 7.72. The topological polar surface area (TPSA) is 0 Å². The van der Waals surface area contributed by atoms with Crippen molar-refractivity contribution in [1.82, 2.24) is 0 Å². The van der Waals surface area contributed by atoms with Crippen molar-refractivity contribution in [2.24, 2.45) is 0 Å². The molecule has 50 valence electrons. The Balaban J connectivity index is 3.10. The van der Waals surface area contributed by atoms with Crippen LogP contribution in [0.3, 0.4) is 0 Å². The van der Waals surface area contributed by atoms with Crippen LogP contribution in [0.15, 0.2) is 0 Å². The Bertz CT molecular complexity index is 54.0. The predicted molar refractivity (Wildman–Crippen MR) is 21.5 cm³/mol. The van der Waals surface area contributed by atoms with Gasteiger partial charge in [-0.25, -0.2) is 17.6 Å². The van der Waals surface area contributed by atoms with Crippen molar-refractivity contribution in [3.63, 3.8) is 0 Å². The van der Waals surface area contributed by atoms with Gasteiger partial charge in [-0.2, -0.15) is 0 Å². The van der Waals surface area contributed by atoms with E-state index in [9.17, 15) is 17.6 Å². The maximum atomic E-state index is 11.5. The minimum absolute atomic E-state index is 0.990. The number of rotatable bonds is 3. The van der Waals surface area contributed by atoms with Crippen LogP contribution in [0.4, 0.5) is 17.6 Å². The molecule has 0 aliphatic heterocycles. The summed E-state index contributed by atoms with van der Waals surface area (Å²) in [5.41, 5.74) is 0. The Morgan fingerprint density at radius 3 is 1.75 bits per heavy atom. The average molecular weight is 130 g/mol. The van der Waals surface area contributed by atoms with Gasteiger partial charge in [-0.05, 0) is 0 Å². The van der Waals surface area contributed by atoms with Gasteiger partial charge in [0.15, 0.2) is 0 Å². The summed E-state index contributed by atoms with van der Waals surface area (Å²) < 4.78 is 44.7. The zero-order chi connectivity index (χ0) is 6.57. The summed E-state index contributed by atoms with van der Waals surface area (Å²) in [6, 6.07) is 0. The van der Waals surface area contributed by atoms with Gasteiger partial charge in [0.1, 0.15) is 12.8 Å². The number of alkyl halides is 4. The van der Waals surface area contributed by atoms with Gasteiger partial charge >= 0.3 is 0 Å². The minimum Gasteiger partial charge on any atom is -0.248 e. The molecule has 0 aromatic rings. The standard InChI is InChI=1S/C4H6F4/c5-2-3(6)1-4(7)8/h3-4H,1-2H2. The molecule has 0 rings (SSSR count). The summed E-state index contributed by atoms with van der Waals surface area (Å²) in [4.78, 5) is 0. The zero-order valence-electron chi connectivity index (χ0n) is 4.08. The molecule has 0 saturated carbocycles. The molecule has 1 atom stereocenters. The van der Waals surface area contributed by atoms with Crippen molar-refractivity contribution in [3.05, 3.63) is 0 Å². The van der Waals surface area contributed by atoms with Crippen molar-refractivity contribution in [3.8, 4) is 0 Å². The normalized spacial score (nSPS) is 14.6. The van der Waals surface area contributed by atoms with Crippen LogP contribution in [0.25, 0.3) is 0 Å². The van der Waals surface area contributed by atoms with Gasteiger partial charge in [0, 0.05) is 6.42 Å². The molecule has 0 aromatic carbocycles. The number of hydrogen-bond acceptors (Lipinski definition) is 0. The summed E-state index contributed by atoms with van der Waals surface area (Å²) in [6.45, 7) is -1.32. The van der Waals surface area contributed by atoms with Gasteiger partial charge in [-0.1, -0.05) is 0 Å². The van der Waals surface area contributed by atoms with Crippen molar-refractivity contribution in [2.45, 2.75) is 19.0 Å². The Labute approximate surface area is 44.5 Å². The van der Waals surface area contributed by atoms with E-state index >= 15 is 0 Å². The summed E-state index contributed by atoms with van der Waals surface area (Å²) in [7, 11) is 0. The Morgan fingerprint density at radius 1 is 1.12 bits per heavy atom. The number of hydrogen-bond donors (Lipinski definition) is 0. The first-order valence-corrected chi connectivity index (χ1v) is 2.15. The molecule has 0 heterocycles. The van der Waals surface area contributed by atoms with E-state index in [2.05, 4.69) is 0 Å². The van der Waals surface area contributed by atoms with Crippen LogP contribution in [0.5, 0.6) is 0 Å². The van der Waals surface area contributed by atoms with Crippen molar-refractivity contribution < 1.29 is 17.6 Å². The molecule has 0 saturated heterocycles. The van der Waals surface area contributed by atoms with E-state index in [0.29, 0.717) is 0 Å². The molecule has 0 radical (unpaired) electrons. The maximum absolute atomic E-state index is 11.5. The molecule has 0 spiro atoms. The molecule has 0 nitrogen and oxygen atoms in total. The lowest BCUT2D eigenvalue weighted by atomic mass is 10.3. The molecule has 0 N–H and O–H groups in total. The molecule has 0 fully saturated rings. The third kappa shape index (κ3) is 3.89. The predicted octanol–water partition coefficient (Wildman–Crippen LogP) is 1.95. The lowest BCUT2D eigenvalue weighted by Gasteiger charge is -1.98. The summed E-state index contributed by atoms with van der Waals surface area (Å²) in [5.74, 6) is 0. The van der Waals surface area contributed by atoms with Crippen LogP contribution >= 0.6 is 0 Å². The van der Waals surface area contributed by atoms with Crippen LogP contribution in [-0.4, -0.2) is 19.3 Å². The molecule has 0 amide bonds. The third-order valence-electron chi connectivity index (χ3n) is 0.601. The maximum Gasteiger partial charge on any atom is 0.241 e. The highest BCUT2D eigenvalue weighted by atomic mass is 19.3. The molecule has 0 aliphatic rings. The Kier molecular flexibility index (Phi) is 3.56. The molecule has 0 aromatic heterocycles. The molecule has 0 bridgehead atoms. The molecule has 0 aliphatic carbocycles. The molecular formula is C4H6F4. The van der Waals surface area contributed by atoms with Gasteiger partial charge < -0.3 is 0 Å². The van der Waals surface area contributed by atoms with E-state index in [0.717, 1.165) is 0 Å². The molecular weight excluding hydrogens is 124 g/mol. The quantitative estimate of drug-likeness (QED) is 0.512. The smallest absolute Gasteiger partial charge is 0.241 e. The Hall–Kier alpha value is -0.280. The third-order valence-corrected chi connectivity index (χ3v) is 0.601. The van der Waals surface area contributed by atoms with Crippen LogP contribution in [0, 0.1) is 0 Å². The van der Waals surface area contributed by atoms with Gasteiger partial charge in [0.25, 0.3) is 0 Å². The highest BCUT2D eigenvalue weighted by molar-refractivity contribution is 4.53. The SMILES string of the molecule is FCC(F)CC(F)F. The van der Waals surface area contributed by atoms with Gasteiger partial charge in [-0.15, -0.1) is 0 Å². The van der Waals surface area contributed by atoms with E-state index in [-0.39, 0.29) is 0 Å². The first-order valence-electron chi connectivity index (χ1n) is 2.15. The second kappa shape index (κ2) is 3.69. The van der Waals surface area contributed by atoms with E-state index in [1.807, 2.05) is 0 Å². The van der Waals surface area contributed by atoms with E-state index in [1.54, 1.807) is 0 Å². The van der Waals surface area contributed by atoms with Crippen LogP contribution in [0.1, 0.15) is 6.42 Å². The molecule has 8 heavy (non-hydrogen) atoms. The highest BCUT2D eigenvalue weighted by Gasteiger charge is 2.12. The minimum atomic E-state index is -2.74. The fourth-order valence-electron chi connectivity index (χ4n) is 0.256. The van der Waals surface area contributed by atoms with Crippen LogP contribution in [-0.2, 0) is 0 Å². The van der Waals surface area contributed by atoms with E-state index in [4.69, 9.17) is 0 Å². The largest absolute Gasteiger partial charge is 0.248 e. The van der Waals surface area contributed by atoms with Crippen molar-refractivity contribution in [2.75, 3.05) is 6.67 Å². The van der Waals surface area contributed by atoms with E-state index < -0.39 is 25.7 Å². The van der Waals surface area contributed by atoms with Crippen molar-refractivity contribution >= 4 is 0 Å². The second-order valence-electron chi connectivity index (χ2n) is 1.38. The fraction of sp³-hybridized carbons (Fsp3) is 1.00. The molecule has 1 unspecified atom stereocenters. The molecule has 4 heteroatoms. The average Bonchev–Trinajstić information content (AvgIpc) is 1.65. The summed E-state index contributed by atoms with van der Waals surface area (Å²) in [5, 5.41) is 0. The Morgan fingerprint density at radius 2 is 1.62 bits per heavy atom. The van der Waals surface area contributed by atoms with Crippen LogP contribution < -0.4 is 0 Å². The van der Waals surface area contributed by atoms with Gasteiger partial charge in [-0.3, -0.25) is 0 Å². The lowest BCUT2D eigenvalue weighted by molar-refractivity contribution is 0.0907. The van der Waals surface area contributed by atoms with Gasteiger partial charge in [0.2, 0.25) is 6.43 Å². The first-order chi connectivity index (χ1) is 3.66. The summed E-state index contributed by atoms with van der Waals surface area (Å²) >= 11 is 0. The lowest BCUT2D eigenvalue weighted by Crippen LogP contribution is -2.07. The highest BCUT2D eigenvalue weighted by Crippen LogP contribution is 2.06. The van der Waals surface area contributed by atoms with Crippen LogP contribution in [0.2, 0.25) is 0 Å². The summed E-state index contributed by atoms with van der Waals surface area (Å²) in [6.07, 6.45) is -5.72. The van der Waals surface area contributed by atoms with Gasteiger partial charge in [0.05, 0.1) is 0 Å². The number of halogens is 4. The van der Waals surface area contributed by atoms with E-state index in [1.165, 1.54) is 0 Å². The second-order valence-corrected chi connectivity index (χ2v) is 1.38. The zero-order valence-corrected chi connectivity index (χ0v) is 4.08. The monoisotopic (exact) mass is 130 g/mol.